The molecule has 1 aliphatic heterocycles. The highest BCUT2D eigenvalue weighted by Crippen LogP contribution is 2.32. The molecule has 0 bridgehead atoms. The molecule has 1 amide bonds. The van der Waals surface area contributed by atoms with E-state index < -0.39 is 6.09 Å². The SMILES string of the molecule is Cc1cc(C)c2c(c1)C(=Nc1nnn(C)n1)CCCN2C(=O)O. The van der Waals surface area contributed by atoms with Crippen LogP contribution in [-0.2, 0) is 7.05 Å². The Morgan fingerprint density at radius 1 is 1.35 bits per heavy atom. The highest BCUT2D eigenvalue weighted by atomic mass is 16.4. The van der Waals surface area contributed by atoms with Gasteiger partial charge in [-0.1, -0.05) is 16.7 Å². The summed E-state index contributed by atoms with van der Waals surface area (Å²) in [5.74, 6) is 0.288. The van der Waals surface area contributed by atoms with Crippen molar-refractivity contribution in [3.8, 4) is 0 Å². The quantitative estimate of drug-likeness (QED) is 0.870. The van der Waals surface area contributed by atoms with E-state index in [0.717, 1.165) is 22.4 Å². The van der Waals surface area contributed by atoms with Crippen LogP contribution in [0.3, 0.4) is 0 Å². The number of fused-ring (bicyclic) bond motifs is 1. The van der Waals surface area contributed by atoms with E-state index in [1.165, 1.54) is 9.70 Å². The summed E-state index contributed by atoms with van der Waals surface area (Å²) >= 11 is 0. The molecule has 3 rings (SSSR count). The first kappa shape index (κ1) is 15.1. The van der Waals surface area contributed by atoms with Crippen molar-refractivity contribution in [2.24, 2.45) is 12.0 Å². The first-order valence-corrected chi connectivity index (χ1v) is 7.39. The minimum absolute atomic E-state index is 0.288. The van der Waals surface area contributed by atoms with Crippen LogP contribution in [0.2, 0.25) is 0 Å². The number of carboxylic acid groups (broad SMARTS) is 1. The van der Waals surface area contributed by atoms with Crippen molar-refractivity contribution in [2.75, 3.05) is 11.4 Å². The summed E-state index contributed by atoms with van der Waals surface area (Å²) in [4.78, 5) is 18.9. The number of rotatable bonds is 1. The van der Waals surface area contributed by atoms with Gasteiger partial charge in [0, 0.05) is 12.1 Å². The number of carbonyl (C=O) groups is 1. The van der Waals surface area contributed by atoms with Crippen LogP contribution in [0.4, 0.5) is 16.4 Å². The van der Waals surface area contributed by atoms with Crippen LogP contribution in [0, 0.1) is 13.8 Å². The number of aliphatic imine (C=N–C) groups is 1. The van der Waals surface area contributed by atoms with Crippen molar-refractivity contribution in [2.45, 2.75) is 26.7 Å². The summed E-state index contributed by atoms with van der Waals surface area (Å²) < 4.78 is 0. The van der Waals surface area contributed by atoms with Crippen molar-refractivity contribution >= 4 is 23.4 Å². The topological polar surface area (TPSA) is 96.5 Å². The van der Waals surface area contributed by atoms with Gasteiger partial charge in [-0.05, 0) is 43.5 Å². The summed E-state index contributed by atoms with van der Waals surface area (Å²) in [6.45, 7) is 4.35. The third-order valence-corrected chi connectivity index (χ3v) is 3.78. The van der Waals surface area contributed by atoms with Gasteiger partial charge >= 0.3 is 6.09 Å². The number of aryl methyl sites for hydroxylation is 3. The summed E-state index contributed by atoms with van der Waals surface area (Å²) in [7, 11) is 1.68. The maximum absolute atomic E-state index is 11.6. The van der Waals surface area contributed by atoms with Crippen LogP contribution in [0.1, 0.15) is 29.5 Å². The van der Waals surface area contributed by atoms with Crippen molar-refractivity contribution in [1.82, 2.24) is 20.2 Å². The zero-order valence-corrected chi connectivity index (χ0v) is 13.3. The molecule has 8 nitrogen and oxygen atoms in total. The molecule has 2 aromatic rings. The number of tetrazole rings is 1. The molecule has 8 heteroatoms. The summed E-state index contributed by atoms with van der Waals surface area (Å²) in [6, 6.07) is 3.96. The van der Waals surface area contributed by atoms with Crippen molar-refractivity contribution < 1.29 is 9.90 Å². The molecule has 23 heavy (non-hydrogen) atoms. The van der Waals surface area contributed by atoms with Crippen LogP contribution in [0.5, 0.6) is 0 Å². The van der Waals surface area contributed by atoms with E-state index in [1.54, 1.807) is 7.05 Å². The van der Waals surface area contributed by atoms with Crippen LogP contribution in [0.15, 0.2) is 17.1 Å². The Bertz CT molecular complexity index is 795. The third kappa shape index (κ3) is 2.92. The number of benzene rings is 1. The summed E-state index contributed by atoms with van der Waals surface area (Å²) in [5, 5.41) is 21.3. The molecule has 0 saturated heterocycles. The second-order valence-electron chi connectivity index (χ2n) is 5.65. The van der Waals surface area contributed by atoms with Crippen molar-refractivity contribution in [3.63, 3.8) is 0 Å². The predicted molar refractivity (Wildman–Crippen MR) is 85.5 cm³/mol. The van der Waals surface area contributed by atoms with E-state index >= 15 is 0 Å². The monoisotopic (exact) mass is 314 g/mol. The largest absolute Gasteiger partial charge is 0.465 e. The van der Waals surface area contributed by atoms with Gasteiger partial charge in [0.25, 0.3) is 5.95 Å². The van der Waals surface area contributed by atoms with Crippen molar-refractivity contribution in [1.29, 1.82) is 0 Å². The normalized spacial score (nSPS) is 16.3. The molecule has 1 aromatic carbocycles. The predicted octanol–water partition coefficient (Wildman–Crippen LogP) is 2.23. The lowest BCUT2D eigenvalue weighted by Gasteiger charge is -2.22. The van der Waals surface area contributed by atoms with E-state index in [2.05, 4.69) is 20.4 Å². The van der Waals surface area contributed by atoms with E-state index in [-0.39, 0.29) is 5.95 Å². The molecule has 0 unspecified atom stereocenters. The lowest BCUT2D eigenvalue weighted by molar-refractivity contribution is 0.201. The number of hydrogen-bond acceptors (Lipinski definition) is 5. The van der Waals surface area contributed by atoms with Crippen LogP contribution in [0.25, 0.3) is 0 Å². The minimum Gasteiger partial charge on any atom is -0.465 e. The molecule has 2 heterocycles. The Morgan fingerprint density at radius 2 is 2.13 bits per heavy atom. The summed E-state index contributed by atoms with van der Waals surface area (Å²) in [6.07, 6.45) is 0.410. The highest BCUT2D eigenvalue weighted by Gasteiger charge is 2.26. The lowest BCUT2D eigenvalue weighted by Crippen LogP contribution is -2.30. The lowest BCUT2D eigenvalue weighted by atomic mass is 9.99. The van der Waals surface area contributed by atoms with E-state index in [9.17, 15) is 9.90 Å². The molecule has 0 saturated carbocycles. The number of hydrogen-bond donors (Lipinski definition) is 1. The zero-order chi connectivity index (χ0) is 16.6. The van der Waals surface area contributed by atoms with E-state index in [0.29, 0.717) is 25.1 Å². The minimum atomic E-state index is -0.947. The molecular formula is C15H18N6O2. The fourth-order valence-corrected chi connectivity index (χ4v) is 2.94. The molecule has 1 aromatic heterocycles. The number of nitrogens with zero attached hydrogens (tertiary/aromatic N) is 6. The molecule has 0 atom stereocenters. The van der Waals surface area contributed by atoms with E-state index in [4.69, 9.17) is 0 Å². The van der Waals surface area contributed by atoms with Crippen LogP contribution in [-0.4, -0.2) is 43.7 Å². The van der Waals surface area contributed by atoms with Gasteiger partial charge in [0.05, 0.1) is 18.4 Å². The average Bonchev–Trinajstić information content (AvgIpc) is 2.78. The first-order valence-electron chi connectivity index (χ1n) is 7.39. The molecule has 1 aliphatic rings. The van der Waals surface area contributed by atoms with Gasteiger partial charge in [-0.2, -0.15) is 4.80 Å². The first-order chi connectivity index (χ1) is 11.0. The fraction of sp³-hybridized carbons (Fsp3) is 0.400. The second kappa shape index (κ2) is 5.79. The van der Waals surface area contributed by atoms with Gasteiger partial charge in [0.2, 0.25) is 0 Å². The molecule has 0 radical (unpaired) electrons. The number of amides is 1. The van der Waals surface area contributed by atoms with Gasteiger partial charge in [-0.25, -0.2) is 9.79 Å². The standard InChI is InChI=1S/C15H18N6O2/c1-9-7-10(2)13-11(8-9)12(5-4-6-21(13)15(22)23)16-14-17-19-20(3)18-14/h7-8H,4-6H2,1-3H3,(H,22,23). The van der Waals surface area contributed by atoms with Gasteiger partial charge in [-0.15, -0.1) is 5.10 Å². The molecular weight excluding hydrogens is 296 g/mol. The summed E-state index contributed by atoms with van der Waals surface area (Å²) in [5.41, 5.74) is 4.30. The molecule has 0 fully saturated rings. The fourth-order valence-electron chi connectivity index (χ4n) is 2.94. The average molecular weight is 314 g/mol. The maximum Gasteiger partial charge on any atom is 0.411 e. The maximum atomic E-state index is 11.6. The van der Waals surface area contributed by atoms with Crippen LogP contribution >= 0.6 is 0 Å². The molecule has 0 aliphatic carbocycles. The zero-order valence-electron chi connectivity index (χ0n) is 13.3. The van der Waals surface area contributed by atoms with Gasteiger partial charge < -0.3 is 5.11 Å². The van der Waals surface area contributed by atoms with Crippen LogP contribution < -0.4 is 4.90 Å². The number of aromatic nitrogens is 4. The Kier molecular flexibility index (Phi) is 3.81. The van der Waals surface area contributed by atoms with Gasteiger partial charge in [0.1, 0.15) is 0 Å². The Balaban J connectivity index is 2.18. The highest BCUT2D eigenvalue weighted by molar-refractivity contribution is 6.09. The molecule has 1 N–H and O–H groups in total. The Labute approximate surface area is 133 Å². The smallest absolute Gasteiger partial charge is 0.411 e. The third-order valence-electron chi connectivity index (χ3n) is 3.78. The Hall–Kier alpha value is -2.77. The molecule has 0 spiro atoms. The Morgan fingerprint density at radius 3 is 2.78 bits per heavy atom. The van der Waals surface area contributed by atoms with E-state index in [1.807, 2.05) is 26.0 Å². The molecule has 120 valence electrons. The van der Waals surface area contributed by atoms with Gasteiger partial charge in [-0.3, -0.25) is 4.90 Å². The second-order valence-corrected chi connectivity index (χ2v) is 5.65. The number of anilines is 1. The van der Waals surface area contributed by atoms with Crippen molar-refractivity contribution in [3.05, 3.63) is 28.8 Å². The van der Waals surface area contributed by atoms with Gasteiger partial charge in [0.15, 0.2) is 0 Å².